The lowest BCUT2D eigenvalue weighted by Gasteiger charge is -2.36. The predicted octanol–water partition coefficient (Wildman–Crippen LogP) is -0.128. The van der Waals surface area contributed by atoms with Crippen molar-refractivity contribution in [3.8, 4) is 0 Å². The summed E-state index contributed by atoms with van der Waals surface area (Å²) in [5, 5.41) is 5.96. The zero-order valence-electron chi connectivity index (χ0n) is 11.7. The van der Waals surface area contributed by atoms with Gasteiger partial charge in [0.2, 0.25) is 5.91 Å². The van der Waals surface area contributed by atoms with Crippen LogP contribution in [-0.2, 0) is 11.2 Å². The molecule has 1 aromatic rings. The Balaban J connectivity index is 2.31. The van der Waals surface area contributed by atoms with Gasteiger partial charge in [-0.15, -0.1) is 0 Å². The maximum absolute atomic E-state index is 12.0. The highest BCUT2D eigenvalue weighted by molar-refractivity contribution is 5.85. The number of aryl methyl sites for hydroxylation is 2. The van der Waals surface area contributed by atoms with E-state index in [1.807, 2.05) is 13.0 Å². The summed E-state index contributed by atoms with van der Waals surface area (Å²) in [5.74, 6) is 1.62. The topological polar surface area (TPSA) is 70.2 Å². The lowest BCUT2D eigenvalue weighted by Crippen LogP contribution is -2.58. The summed E-state index contributed by atoms with van der Waals surface area (Å²) >= 11 is 0. The zero-order chi connectivity index (χ0) is 13.8. The molecule has 1 aliphatic heterocycles. The number of carbonyl (C=O) groups is 1. The maximum atomic E-state index is 12.0. The summed E-state index contributed by atoms with van der Waals surface area (Å²) in [6, 6.07) is 1.77. The molecule has 0 radical (unpaired) electrons. The number of likely N-dealkylation sites (N-methyl/N-ethyl adjacent to an activating group) is 1. The number of nitrogens with one attached hydrogen (secondary N) is 2. The number of anilines is 1. The Kier molecular flexibility index (Phi) is 4.31. The number of amides is 1. The SMILES string of the molecule is CCc1cc(N2CCNCC2C(=O)NC)nc(C)n1. The average molecular weight is 263 g/mol. The molecule has 104 valence electrons. The van der Waals surface area contributed by atoms with Crippen LogP contribution in [-0.4, -0.2) is 48.6 Å². The first-order valence-electron chi connectivity index (χ1n) is 6.69. The molecule has 1 unspecified atom stereocenters. The van der Waals surface area contributed by atoms with Gasteiger partial charge in [-0.25, -0.2) is 9.97 Å². The Morgan fingerprint density at radius 2 is 2.37 bits per heavy atom. The van der Waals surface area contributed by atoms with Crippen LogP contribution in [0.5, 0.6) is 0 Å². The second-order valence-electron chi connectivity index (χ2n) is 4.65. The van der Waals surface area contributed by atoms with Gasteiger partial charge in [0, 0.05) is 38.4 Å². The van der Waals surface area contributed by atoms with Crippen molar-refractivity contribution in [2.45, 2.75) is 26.3 Å². The molecule has 19 heavy (non-hydrogen) atoms. The van der Waals surface area contributed by atoms with E-state index in [2.05, 4.69) is 32.4 Å². The Hall–Kier alpha value is -1.69. The molecule has 0 spiro atoms. The first-order chi connectivity index (χ1) is 9.15. The van der Waals surface area contributed by atoms with E-state index in [9.17, 15) is 4.79 Å². The van der Waals surface area contributed by atoms with Crippen LogP contribution < -0.4 is 15.5 Å². The first kappa shape index (κ1) is 13.7. The average Bonchev–Trinajstić information content (AvgIpc) is 2.45. The van der Waals surface area contributed by atoms with E-state index in [0.29, 0.717) is 6.54 Å². The summed E-state index contributed by atoms with van der Waals surface area (Å²) in [7, 11) is 1.66. The molecule has 1 fully saturated rings. The van der Waals surface area contributed by atoms with E-state index < -0.39 is 0 Å². The van der Waals surface area contributed by atoms with Gasteiger partial charge in [0.05, 0.1) is 0 Å². The molecule has 0 aromatic carbocycles. The summed E-state index contributed by atoms with van der Waals surface area (Å²) in [4.78, 5) is 22.9. The van der Waals surface area contributed by atoms with Crippen molar-refractivity contribution in [2.75, 3.05) is 31.6 Å². The molecule has 2 rings (SSSR count). The summed E-state index contributed by atoms with van der Waals surface area (Å²) < 4.78 is 0. The smallest absolute Gasteiger partial charge is 0.243 e. The number of carbonyl (C=O) groups excluding carboxylic acids is 1. The van der Waals surface area contributed by atoms with E-state index in [1.165, 1.54) is 0 Å². The fourth-order valence-electron chi connectivity index (χ4n) is 2.32. The molecule has 0 aliphatic carbocycles. The molecule has 1 aromatic heterocycles. The number of piperazine rings is 1. The number of hydrogen-bond acceptors (Lipinski definition) is 5. The van der Waals surface area contributed by atoms with Gasteiger partial charge in [0.1, 0.15) is 17.7 Å². The van der Waals surface area contributed by atoms with Crippen molar-refractivity contribution in [1.29, 1.82) is 0 Å². The fourth-order valence-corrected chi connectivity index (χ4v) is 2.32. The first-order valence-corrected chi connectivity index (χ1v) is 6.69. The Morgan fingerprint density at radius 3 is 3.05 bits per heavy atom. The quantitative estimate of drug-likeness (QED) is 0.795. The molecular weight excluding hydrogens is 242 g/mol. The van der Waals surface area contributed by atoms with Crippen molar-refractivity contribution in [1.82, 2.24) is 20.6 Å². The van der Waals surface area contributed by atoms with E-state index in [-0.39, 0.29) is 11.9 Å². The monoisotopic (exact) mass is 263 g/mol. The standard InChI is InChI=1S/C13H21N5O/c1-4-10-7-12(17-9(2)16-10)18-6-5-15-8-11(18)13(19)14-3/h7,11,15H,4-6,8H2,1-3H3,(H,14,19). The second-order valence-corrected chi connectivity index (χ2v) is 4.65. The van der Waals surface area contributed by atoms with Crippen LogP contribution in [0.1, 0.15) is 18.4 Å². The number of nitrogens with zero attached hydrogens (tertiary/aromatic N) is 3. The molecule has 2 heterocycles. The van der Waals surface area contributed by atoms with Crippen molar-refractivity contribution >= 4 is 11.7 Å². The van der Waals surface area contributed by atoms with Gasteiger partial charge in [0.25, 0.3) is 0 Å². The number of hydrogen-bond donors (Lipinski definition) is 2. The highest BCUT2D eigenvalue weighted by Crippen LogP contribution is 2.17. The third-order valence-corrected chi connectivity index (χ3v) is 3.33. The highest BCUT2D eigenvalue weighted by atomic mass is 16.2. The van der Waals surface area contributed by atoms with Gasteiger partial charge in [0.15, 0.2) is 0 Å². The van der Waals surface area contributed by atoms with Gasteiger partial charge >= 0.3 is 0 Å². The summed E-state index contributed by atoms with van der Waals surface area (Å²) in [5.41, 5.74) is 1.01. The molecule has 2 N–H and O–H groups in total. The lowest BCUT2D eigenvalue weighted by atomic mass is 10.1. The van der Waals surface area contributed by atoms with Crippen LogP contribution in [0.25, 0.3) is 0 Å². The van der Waals surface area contributed by atoms with Gasteiger partial charge < -0.3 is 15.5 Å². The van der Waals surface area contributed by atoms with Crippen LogP contribution in [0.3, 0.4) is 0 Å². The van der Waals surface area contributed by atoms with Crippen molar-refractivity contribution < 1.29 is 4.79 Å². The van der Waals surface area contributed by atoms with Crippen LogP contribution in [0.2, 0.25) is 0 Å². The Bertz CT molecular complexity index is 462. The number of aromatic nitrogens is 2. The van der Waals surface area contributed by atoms with E-state index in [1.54, 1.807) is 7.05 Å². The van der Waals surface area contributed by atoms with Gasteiger partial charge in [-0.05, 0) is 13.3 Å². The van der Waals surface area contributed by atoms with Crippen molar-refractivity contribution in [3.63, 3.8) is 0 Å². The van der Waals surface area contributed by atoms with Crippen LogP contribution in [0.15, 0.2) is 6.07 Å². The summed E-state index contributed by atoms with van der Waals surface area (Å²) in [6.45, 7) is 6.24. The Morgan fingerprint density at radius 1 is 1.58 bits per heavy atom. The van der Waals surface area contributed by atoms with E-state index in [0.717, 1.165) is 36.8 Å². The number of rotatable bonds is 3. The molecule has 1 aliphatic rings. The largest absolute Gasteiger partial charge is 0.357 e. The highest BCUT2D eigenvalue weighted by Gasteiger charge is 2.29. The second kappa shape index (κ2) is 5.97. The van der Waals surface area contributed by atoms with E-state index >= 15 is 0 Å². The molecule has 1 amide bonds. The zero-order valence-corrected chi connectivity index (χ0v) is 11.7. The fraction of sp³-hybridized carbons (Fsp3) is 0.615. The normalized spacial score (nSPS) is 19.3. The van der Waals surface area contributed by atoms with Crippen molar-refractivity contribution in [2.24, 2.45) is 0 Å². The van der Waals surface area contributed by atoms with E-state index in [4.69, 9.17) is 0 Å². The molecule has 6 nitrogen and oxygen atoms in total. The maximum Gasteiger partial charge on any atom is 0.243 e. The third kappa shape index (κ3) is 3.01. The molecule has 0 saturated carbocycles. The van der Waals surface area contributed by atoms with Gasteiger partial charge in [-0.3, -0.25) is 4.79 Å². The predicted molar refractivity (Wildman–Crippen MR) is 74.2 cm³/mol. The molecule has 6 heteroatoms. The molecular formula is C13H21N5O. The Labute approximate surface area is 113 Å². The molecule has 1 saturated heterocycles. The lowest BCUT2D eigenvalue weighted by molar-refractivity contribution is -0.122. The minimum Gasteiger partial charge on any atom is -0.357 e. The van der Waals surface area contributed by atoms with Gasteiger partial charge in [-0.2, -0.15) is 0 Å². The van der Waals surface area contributed by atoms with Gasteiger partial charge in [-0.1, -0.05) is 6.92 Å². The van der Waals surface area contributed by atoms with Crippen molar-refractivity contribution in [3.05, 3.63) is 17.6 Å². The van der Waals surface area contributed by atoms with Crippen LogP contribution >= 0.6 is 0 Å². The third-order valence-electron chi connectivity index (χ3n) is 3.33. The summed E-state index contributed by atoms with van der Waals surface area (Å²) in [6.07, 6.45) is 0.868. The van der Waals surface area contributed by atoms with Crippen LogP contribution in [0.4, 0.5) is 5.82 Å². The molecule has 0 bridgehead atoms. The van der Waals surface area contributed by atoms with Crippen LogP contribution in [0, 0.1) is 6.92 Å². The molecule has 1 atom stereocenters. The minimum absolute atomic E-state index is 0.0153. The minimum atomic E-state index is -0.210.